The summed E-state index contributed by atoms with van der Waals surface area (Å²) in [6.07, 6.45) is 2.03. The molecule has 0 radical (unpaired) electrons. The molecule has 0 aliphatic heterocycles. The molecule has 7 heteroatoms. The van der Waals surface area contributed by atoms with Crippen LogP contribution in [0.15, 0.2) is 48.5 Å². The van der Waals surface area contributed by atoms with Crippen molar-refractivity contribution in [2.75, 3.05) is 13.2 Å². The van der Waals surface area contributed by atoms with Gasteiger partial charge in [0.15, 0.2) is 0 Å². The number of nitrogens with one attached hydrogen (secondary N) is 2. The predicted molar refractivity (Wildman–Crippen MR) is 124 cm³/mol. The molecule has 2 aromatic carbocycles. The van der Waals surface area contributed by atoms with Crippen LogP contribution in [0.5, 0.6) is 0 Å². The smallest absolute Gasteiger partial charge is 0.407 e. The number of hydrogen-bond acceptors (Lipinski definition) is 4. The van der Waals surface area contributed by atoms with E-state index in [2.05, 4.69) is 34.9 Å². The molecule has 7 nitrogen and oxygen atoms in total. The van der Waals surface area contributed by atoms with Gasteiger partial charge in [0.25, 0.3) is 0 Å². The first-order valence-electron chi connectivity index (χ1n) is 11.6. The van der Waals surface area contributed by atoms with Gasteiger partial charge in [-0.05, 0) is 41.5 Å². The number of alkyl carbamates (subject to hydrolysis) is 1. The minimum atomic E-state index is -0.859. The van der Waals surface area contributed by atoms with E-state index in [1.165, 1.54) is 11.1 Å². The Hall–Kier alpha value is -3.35. The van der Waals surface area contributed by atoms with Crippen LogP contribution in [0.3, 0.4) is 0 Å². The van der Waals surface area contributed by atoms with Gasteiger partial charge in [0, 0.05) is 24.4 Å². The molecule has 2 amide bonds. The lowest BCUT2D eigenvalue weighted by molar-refractivity contribution is -0.142. The number of carbonyl (C=O) groups excluding carboxylic acids is 2. The second kappa shape index (κ2) is 10.1. The first kappa shape index (κ1) is 22.8. The first-order chi connectivity index (χ1) is 16.0. The highest BCUT2D eigenvalue weighted by atomic mass is 16.5. The number of aliphatic carboxylic acids is 1. The van der Waals surface area contributed by atoms with Gasteiger partial charge in [-0.25, -0.2) is 4.79 Å². The molecule has 0 bridgehead atoms. The van der Waals surface area contributed by atoms with Gasteiger partial charge in [-0.2, -0.15) is 0 Å². The molecule has 2 aliphatic carbocycles. The molecule has 2 aliphatic rings. The summed E-state index contributed by atoms with van der Waals surface area (Å²) < 4.78 is 5.51. The van der Waals surface area contributed by atoms with Gasteiger partial charge in [0.1, 0.15) is 6.61 Å². The summed E-state index contributed by atoms with van der Waals surface area (Å²) >= 11 is 0. The summed E-state index contributed by atoms with van der Waals surface area (Å²) in [6.45, 7) is 2.33. The molecular formula is C26H30N2O5. The SMILES string of the molecule is CC(CCNC(=O)OCC1c2ccccc2-c2ccccc21)C(=O)N[C@@H]1CCC[C@@H]1C(=O)O. The molecule has 0 saturated heterocycles. The summed E-state index contributed by atoms with van der Waals surface area (Å²) in [6, 6.07) is 16.0. The largest absolute Gasteiger partial charge is 0.481 e. The Morgan fingerprint density at radius 3 is 2.30 bits per heavy atom. The number of carboxylic acids is 1. The number of benzene rings is 2. The van der Waals surface area contributed by atoms with Gasteiger partial charge in [-0.1, -0.05) is 61.9 Å². The molecule has 174 valence electrons. The zero-order valence-electron chi connectivity index (χ0n) is 18.8. The average molecular weight is 451 g/mol. The van der Waals surface area contributed by atoms with Crippen LogP contribution in [0.25, 0.3) is 11.1 Å². The van der Waals surface area contributed by atoms with E-state index >= 15 is 0 Å². The van der Waals surface area contributed by atoms with Crippen LogP contribution in [-0.2, 0) is 14.3 Å². The zero-order chi connectivity index (χ0) is 23.4. The second-order valence-corrected chi connectivity index (χ2v) is 8.93. The van der Waals surface area contributed by atoms with Crippen LogP contribution in [0, 0.1) is 11.8 Å². The number of amides is 2. The molecule has 0 spiro atoms. The maximum absolute atomic E-state index is 12.4. The molecule has 0 heterocycles. The summed E-state index contributed by atoms with van der Waals surface area (Å²) in [5.74, 6) is -1.89. The van der Waals surface area contributed by atoms with Gasteiger partial charge in [-0.15, -0.1) is 0 Å². The Bertz CT molecular complexity index is 991. The van der Waals surface area contributed by atoms with E-state index in [1.807, 2.05) is 24.3 Å². The van der Waals surface area contributed by atoms with Crippen molar-refractivity contribution < 1.29 is 24.2 Å². The lowest BCUT2D eigenvalue weighted by Crippen LogP contribution is -2.43. The maximum atomic E-state index is 12.4. The molecule has 0 aromatic heterocycles. The van der Waals surface area contributed by atoms with E-state index in [-0.39, 0.29) is 30.4 Å². The van der Waals surface area contributed by atoms with Crippen molar-refractivity contribution in [2.24, 2.45) is 11.8 Å². The Kier molecular flexibility index (Phi) is 6.96. The van der Waals surface area contributed by atoms with Gasteiger partial charge in [-0.3, -0.25) is 9.59 Å². The molecule has 1 unspecified atom stereocenters. The highest BCUT2D eigenvalue weighted by molar-refractivity contribution is 5.80. The monoisotopic (exact) mass is 450 g/mol. The van der Waals surface area contributed by atoms with Gasteiger partial charge >= 0.3 is 12.1 Å². The third-order valence-electron chi connectivity index (χ3n) is 6.80. The summed E-state index contributed by atoms with van der Waals surface area (Å²) in [5, 5.41) is 14.9. The molecule has 3 atom stereocenters. The minimum absolute atomic E-state index is 0.00134. The molecule has 3 N–H and O–H groups in total. The number of fused-ring (bicyclic) bond motifs is 3. The fraction of sp³-hybridized carbons (Fsp3) is 0.423. The van der Waals surface area contributed by atoms with Gasteiger partial charge < -0.3 is 20.5 Å². The van der Waals surface area contributed by atoms with Crippen molar-refractivity contribution in [3.63, 3.8) is 0 Å². The molecule has 1 fully saturated rings. The quantitative estimate of drug-likeness (QED) is 0.565. The van der Waals surface area contributed by atoms with Crippen LogP contribution in [0.2, 0.25) is 0 Å². The molecule has 1 saturated carbocycles. The van der Waals surface area contributed by atoms with Crippen molar-refractivity contribution >= 4 is 18.0 Å². The van der Waals surface area contributed by atoms with Crippen LogP contribution in [0.4, 0.5) is 4.79 Å². The summed E-state index contributed by atoms with van der Waals surface area (Å²) in [4.78, 5) is 36.0. The second-order valence-electron chi connectivity index (χ2n) is 8.93. The topological polar surface area (TPSA) is 105 Å². The number of rotatable bonds is 8. The highest BCUT2D eigenvalue weighted by Gasteiger charge is 2.34. The third kappa shape index (κ3) is 5.02. The lowest BCUT2D eigenvalue weighted by Gasteiger charge is -2.20. The van der Waals surface area contributed by atoms with E-state index in [0.717, 1.165) is 17.5 Å². The summed E-state index contributed by atoms with van der Waals surface area (Å²) in [7, 11) is 0. The highest BCUT2D eigenvalue weighted by Crippen LogP contribution is 2.44. The zero-order valence-corrected chi connectivity index (χ0v) is 18.8. The third-order valence-corrected chi connectivity index (χ3v) is 6.80. The van der Waals surface area contributed by atoms with E-state index < -0.39 is 18.0 Å². The van der Waals surface area contributed by atoms with Crippen molar-refractivity contribution in [1.29, 1.82) is 0 Å². The fourth-order valence-electron chi connectivity index (χ4n) is 4.92. The summed E-state index contributed by atoms with van der Waals surface area (Å²) in [5.41, 5.74) is 4.66. The number of carboxylic acid groups (broad SMARTS) is 1. The number of hydrogen-bond donors (Lipinski definition) is 3. The Morgan fingerprint density at radius 2 is 1.67 bits per heavy atom. The van der Waals surface area contributed by atoms with Crippen LogP contribution >= 0.6 is 0 Å². The predicted octanol–water partition coefficient (Wildman–Crippen LogP) is 3.92. The maximum Gasteiger partial charge on any atom is 0.407 e. The minimum Gasteiger partial charge on any atom is -0.481 e. The number of carbonyl (C=O) groups is 3. The Labute approximate surface area is 193 Å². The fourth-order valence-corrected chi connectivity index (χ4v) is 4.92. The molecular weight excluding hydrogens is 420 g/mol. The average Bonchev–Trinajstić information content (AvgIpc) is 3.40. The Balaban J connectivity index is 1.23. The molecule has 33 heavy (non-hydrogen) atoms. The number of ether oxygens (including phenoxy) is 1. The van der Waals surface area contributed by atoms with Gasteiger partial charge in [0.2, 0.25) is 5.91 Å². The molecule has 2 aromatic rings. The van der Waals surface area contributed by atoms with Gasteiger partial charge in [0.05, 0.1) is 5.92 Å². The lowest BCUT2D eigenvalue weighted by atomic mass is 9.98. The van der Waals surface area contributed by atoms with E-state index in [4.69, 9.17) is 4.74 Å². The van der Waals surface area contributed by atoms with Crippen molar-refractivity contribution in [2.45, 2.75) is 44.6 Å². The van der Waals surface area contributed by atoms with Crippen LogP contribution < -0.4 is 10.6 Å². The van der Waals surface area contributed by atoms with E-state index in [9.17, 15) is 19.5 Å². The Morgan fingerprint density at radius 1 is 1.03 bits per heavy atom. The van der Waals surface area contributed by atoms with E-state index in [1.54, 1.807) is 6.92 Å². The van der Waals surface area contributed by atoms with E-state index in [0.29, 0.717) is 25.8 Å². The van der Waals surface area contributed by atoms with Crippen molar-refractivity contribution in [1.82, 2.24) is 10.6 Å². The standard InChI is InChI=1S/C26H30N2O5/c1-16(24(29)28-23-12-6-11-21(23)25(30)31)13-14-27-26(32)33-15-22-19-9-4-2-7-17(19)18-8-3-5-10-20(18)22/h2-5,7-10,16,21-23H,6,11-15H2,1H3,(H,27,32)(H,28,29)(H,30,31)/t16?,21-,23+/m0/s1. The van der Waals surface area contributed by atoms with Crippen molar-refractivity contribution in [3.05, 3.63) is 59.7 Å². The van der Waals surface area contributed by atoms with Crippen LogP contribution in [0.1, 0.15) is 49.7 Å². The van der Waals surface area contributed by atoms with Crippen molar-refractivity contribution in [3.8, 4) is 11.1 Å². The first-order valence-corrected chi connectivity index (χ1v) is 11.6. The normalized spacial score (nSPS) is 19.9. The molecule has 4 rings (SSSR count). The van der Waals surface area contributed by atoms with Crippen LogP contribution in [-0.4, -0.2) is 42.3 Å².